The predicted octanol–water partition coefficient (Wildman–Crippen LogP) is 2.66. The molecule has 4 aromatic rings. The Bertz CT molecular complexity index is 1230. The number of aromatic amines is 1. The Kier molecular flexibility index (Phi) is 4.08. The fraction of sp³-hybridized carbons (Fsp3) is 0.105. The van der Waals surface area contributed by atoms with Crippen molar-refractivity contribution in [2.24, 2.45) is 0 Å². The molecule has 2 aromatic carbocycles. The topological polar surface area (TPSA) is 89.0 Å². The van der Waals surface area contributed by atoms with Gasteiger partial charge in [0.2, 0.25) is 5.91 Å². The number of rotatable bonds is 4. The van der Waals surface area contributed by atoms with Gasteiger partial charge in [-0.1, -0.05) is 12.1 Å². The van der Waals surface area contributed by atoms with Crippen molar-refractivity contribution < 1.29 is 13.9 Å². The van der Waals surface area contributed by atoms with Crippen LogP contribution in [0.2, 0.25) is 0 Å². The molecule has 2 heterocycles. The average Bonchev–Trinajstić information content (AvgIpc) is 2.98. The monoisotopic (exact) mass is 366 g/mol. The fourth-order valence-corrected chi connectivity index (χ4v) is 2.97. The van der Waals surface area contributed by atoms with Crippen LogP contribution in [0.1, 0.15) is 0 Å². The summed E-state index contributed by atoms with van der Waals surface area (Å²) in [5.74, 6) is -0.323. The number of anilines is 1. The maximum absolute atomic E-state index is 13.6. The number of aromatic nitrogens is 3. The number of hydrogen-bond acceptors (Lipinski definition) is 4. The lowest BCUT2D eigenvalue weighted by molar-refractivity contribution is -0.117. The van der Waals surface area contributed by atoms with Gasteiger partial charge in [-0.2, -0.15) is 0 Å². The van der Waals surface area contributed by atoms with Gasteiger partial charge in [0, 0.05) is 11.6 Å². The van der Waals surface area contributed by atoms with Crippen molar-refractivity contribution in [3.63, 3.8) is 0 Å². The fourth-order valence-electron chi connectivity index (χ4n) is 2.97. The zero-order valence-corrected chi connectivity index (χ0v) is 14.3. The molecule has 8 heteroatoms. The van der Waals surface area contributed by atoms with E-state index in [9.17, 15) is 14.0 Å². The molecule has 2 N–H and O–H groups in total. The Morgan fingerprint density at radius 3 is 2.89 bits per heavy atom. The molecular weight excluding hydrogens is 351 g/mol. The summed E-state index contributed by atoms with van der Waals surface area (Å²) in [6, 6.07) is 11.1. The summed E-state index contributed by atoms with van der Waals surface area (Å²) in [4.78, 5) is 29.1. The summed E-state index contributed by atoms with van der Waals surface area (Å²) in [5, 5.41) is 6.36. The zero-order chi connectivity index (χ0) is 19.0. The quantitative estimate of drug-likeness (QED) is 0.581. The van der Waals surface area contributed by atoms with Crippen LogP contribution in [0.4, 0.5) is 10.1 Å². The number of carbonyl (C=O) groups excluding carboxylic acids is 1. The summed E-state index contributed by atoms with van der Waals surface area (Å²) < 4.78 is 20.0. The van der Waals surface area contributed by atoms with Gasteiger partial charge in [0.25, 0.3) is 5.56 Å². The van der Waals surface area contributed by atoms with Crippen molar-refractivity contribution in [1.29, 1.82) is 0 Å². The highest BCUT2D eigenvalue weighted by atomic mass is 19.1. The van der Waals surface area contributed by atoms with Crippen molar-refractivity contribution in [3.05, 3.63) is 64.8 Å². The molecule has 4 rings (SSSR count). The van der Waals surface area contributed by atoms with E-state index in [2.05, 4.69) is 15.4 Å². The lowest BCUT2D eigenvalue weighted by Gasteiger charge is -2.09. The number of methoxy groups -OCH3 is 1. The van der Waals surface area contributed by atoms with E-state index in [0.717, 1.165) is 0 Å². The van der Waals surface area contributed by atoms with E-state index in [-0.39, 0.29) is 11.9 Å². The Labute approximate surface area is 152 Å². The van der Waals surface area contributed by atoms with Gasteiger partial charge in [0.15, 0.2) is 0 Å². The molecule has 7 nitrogen and oxygen atoms in total. The molecule has 27 heavy (non-hydrogen) atoms. The lowest BCUT2D eigenvalue weighted by Crippen LogP contribution is -2.26. The third kappa shape index (κ3) is 3.01. The summed E-state index contributed by atoms with van der Waals surface area (Å²) in [6.07, 6.45) is 1.42. The minimum Gasteiger partial charge on any atom is -0.495 e. The first-order chi connectivity index (χ1) is 13.1. The van der Waals surface area contributed by atoms with Crippen molar-refractivity contribution in [2.45, 2.75) is 6.54 Å². The summed E-state index contributed by atoms with van der Waals surface area (Å²) in [6.45, 7) is -0.234. The summed E-state index contributed by atoms with van der Waals surface area (Å²) in [7, 11) is 1.50. The average molecular weight is 366 g/mol. The molecule has 0 saturated carbocycles. The number of pyridine rings is 1. The molecule has 0 atom stereocenters. The van der Waals surface area contributed by atoms with Gasteiger partial charge in [0.1, 0.15) is 18.1 Å². The van der Waals surface area contributed by atoms with Gasteiger partial charge in [-0.3, -0.25) is 19.7 Å². The Balaban J connectivity index is 1.69. The van der Waals surface area contributed by atoms with Gasteiger partial charge in [-0.15, -0.1) is 0 Å². The highest BCUT2D eigenvalue weighted by molar-refractivity contribution is 6.02. The Morgan fingerprint density at radius 2 is 2.07 bits per heavy atom. The van der Waals surface area contributed by atoms with Gasteiger partial charge in [-0.25, -0.2) is 9.07 Å². The molecule has 0 saturated heterocycles. The highest BCUT2D eigenvalue weighted by Crippen LogP contribution is 2.23. The first kappa shape index (κ1) is 16.8. The van der Waals surface area contributed by atoms with Gasteiger partial charge >= 0.3 is 0 Å². The van der Waals surface area contributed by atoms with Crippen LogP contribution in [0.15, 0.2) is 53.5 Å². The lowest BCUT2D eigenvalue weighted by atomic mass is 10.2. The van der Waals surface area contributed by atoms with Crippen LogP contribution in [0.5, 0.6) is 5.75 Å². The van der Waals surface area contributed by atoms with E-state index in [1.165, 1.54) is 36.2 Å². The number of H-pyrrole nitrogens is 1. The maximum Gasteiger partial charge on any atom is 0.276 e. The van der Waals surface area contributed by atoms with E-state index in [1.807, 2.05) is 0 Å². The molecule has 0 aliphatic heterocycles. The van der Waals surface area contributed by atoms with Crippen molar-refractivity contribution in [2.75, 3.05) is 12.4 Å². The third-order valence-electron chi connectivity index (χ3n) is 4.24. The maximum atomic E-state index is 13.6. The van der Waals surface area contributed by atoms with E-state index in [1.54, 1.807) is 24.3 Å². The summed E-state index contributed by atoms with van der Waals surface area (Å²) in [5.41, 5.74) is 1.09. The Hall–Kier alpha value is -3.68. The minimum atomic E-state index is -0.431. The van der Waals surface area contributed by atoms with Crippen LogP contribution in [0.25, 0.3) is 21.8 Å². The van der Waals surface area contributed by atoms with E-state index >= 15 is 0 Å². The molecule has 136 valence electrons. The molecule has 0 aliphatic carbocycles. The molecule has 2 aromatic heterocycles. The second-order valence-electron chi connectivity index (χ2n) is 5.96. The van der Waals surface area contributed by atoms with Crippen molar-refractivity contribution in [1.82, 2.24) is 14.8 Å². The highest BCUT2D eigenvalue weighted by Gasteiger charge is 2.14. The molecule has 1 amide bonds. The molecule has 0 fully saturated rings. The van der Waals surface area contributed by atoms with Crippen molar-refractivity contribution in [3.8, 4) is 5.75 Å². The number of para-hydroxylation sites is 2. The Morgan fingerprint density at radius 1 is 1.26 bits per heavy atom. The normalized spacial score (nSPS) is 11.0. The molecule has 0 bridgehead atoms. The molecule has 0 spiro atoms. The number of fused-ring (bicyclic) bond motifs is 3. The number of amides is 1. The van der Waals surface area contributed by atoms with Crippen LogP contribution in [-0.2, 0) is 11.3 Å². The van der Waals surface area contributed by atoms with E-state index < -0.39 is 17.3 Å². The number of hydrogen-bond donors (Lipinski definition) is 2. The standard InChI is InChI=1S/C19H15FN4O3/c1-27-16-5-3-2-4-15(16)22-17(25)10-24-19(26)13-9-21-14-7-6-11(20)8-12(14)18(13)23-24/h2-9,23H,10H2,1H3,(H,22,25). The third-order valence-corrected chi connectivity index (χ3v) is 4.24. The molecule has 0 aliphatic rings. The first-order valence-electron chi connectivity index (χ1n) is 8.16. The number of nitrogens with zero attached hydrogens (tertiary/aromatic N) is 2. The number of halogens is 1. The summed E-state index contributed by atoms with van der Waals surface area (Å²) >= 11 is 0. The number of benzene rings is 2. The van der Waals surface area contributed by atoms with Crippen LogP contribution >= 0.6 is 0 Å². The zero-order valence-electron chi connectivity index (χ0n) is 14.3. The molecule has 0 unspecified atom stereocenters. The van der Waals surface area contributed by atoms with Crippen LogP contribution in [-0.4, -0.2) is 27.8 Å². The second-order valence-corrected chi connectivity index (χ2v) is 5.96. The first-order valence-corrected chi connectivity index (χ1v) is 8.16. The van der Waals surface area contributed by atoms with Gasteiger partial charge < -0.3 is 10.1 Å². The SMILES string of the molecule is COc1ccccc1NC(=O)Cn1[nH]c2c(cnc3ccc(F)cc32)c1=O. The van der Waals surface area contributed by atoms with Crippen LogP contribution < -0.4 is 15.6 Å². The van der Waals surface area contributed by atoms with E-state index in [0.29, 0.717) is 27.9 Å². The predicted molar refractivity (Wildman–Crippen MR) is 99.4 cm³/mol. The van der Waals surface area contributed by atoms with Gasteiger partial charge in [0.05, 0.1) is 29.2 Å². The van der Waals surface area contributed by atoms with Crippen LogP contribution in [0.3, 0.4) is 0 Å². The second kappa shape index (κ2) is 6.56. The number of nitrogens with one attached hydrogen (secondary N) is 2. The van der Waals surface area contributed by atoms with Gasteiger partial charge in [-0.05, 0) is 30.3 Å². The minimum absolute atomic E-state index is 0.234. The van der Waals surface area contributed by atoms with Crippen LogP contribution in [0, 0.1) is 5.82 Å². The number of ether oxygens (including phenoxy) is 1. The molecular formula is C19H15FN4O3. The molecule has 0 radical (unpaired) electrons. The smallest absolute Gasteiger partial charge is 0.276 e. The van der Waals surface area contributed by atoms with E-state index in [4.69, 9.17) is 4.74 Å². The largest absolute Gasteiger partial charge is 0.495 e. The number of carbonyl (C=O) groups is 1. The van der Waals surface area contributed by atoms with Crippen molar-refractivity contribution >= 4 is 33.4 Å².